The Morgan fingerprint density at radius 2 is 1.90 bits per heavy atom. The quantitative estimate of drug-likeness (QED) is 0.324. The van der Waals surface area contributed by atoms with Crippen molar-refractivity contribution in [1.29, 1.82) is 5.26 Å². The van der Waals surface area contributed by atoms with E-state index in [4.69, 9.17) is 4.74 Å². The highest BCUT2D eigenvalue weighted by atomic mass is 16.5. The van der Waals surface area contributed by atoms with Gasteiger partial charge in [0.2, 0.25) is 11.9 Å². The average Bonchev–Trinajstić information content (AvgIpc) is 3.01. The number of amides is 2. The van der Waals surface area contributed by atoms with Gasteiger partial charge in [0.25, 0.3) is 11.5 Å². The molecule has 1 aliphatic rings. The van der Waals surface area contributed by atoms with Gasteiger partial charge in [-0.3, -0.25) is 19.0 Å². The molecule has 2 amide bonds. The number of nitrogens with zero attached hydrogens (tertiary/aromatic N) is 6. The summed E-state index contributed by atoms with van der Waals surface area (Å²) in [6.07, 6.45) is 2.64. The molecule has 12 heteroatoms. The molecule has 5 rings (SSSR count). The number of fused-ring (bicyclic) bond motifs is 1. The molecule has 42 heavy (non-hydrogen) atoms. The van der Waals surface area contributed by atoms with E-state index >= 15 is 0 Å². The van der Waals surface area contributed by atoms with Gasteiger partial charge >= 0.3 is 0 Å². The van der Waals surface area contributed by atoms with Gasteiger partial charge in [0, 0.05) is 49.0 Å². The van der Waals surface area contributed by atoms with E-state index in [1.165, 1.54) is 23.9 Å². The molecule has 0 unspecified atom stereocenters. The average molecular weight is 565 g/mol. The van der Waals surface area contributed by atoms with Gasteiger partial charge in [-0.25, -0.2) is 4.98 Å². The maximum absolute atomic E-state index is 13.3. The molecule has 1 saturated heterocycles. The number of pyridine rings is 1. The summed E-state index contributed by atoms with van der Waals surface area (Å²) in [5.74, 6) is 0.0994. The van der Waals surface area contributed by atoms with Crippen molar-refractivity contribution in [3.05, 3.63) is 88.9 Å². The van der Waals surface area contributed by atoms with Crippen molar-refractivity contribution in [2.45, 2.75) is 0 Å². The Hall–Kier alpha value is -5.54. The second-order valence-electron chi connectivity index (χ2n) is 9.66. The summed E-state index contributed by atoms with van der Waals surface area (Å²) >= 11 is 0. The number of likely N-dealkylation sites (N-methyl/N-ethyl adjacent to an activating group) is 1. The van der Waals surface area contributed by atoms with Crippen molar-refractivity contribution >= 4 is 40.2 Å². The third-order valence-corrected chi connectivity index (χ3v) is 6.90. The largest absolute Gasteiger partial charge is 0.495 e. The number of nitriles is 1. The number of nitrogens with one attached hydrogen (secondary N) is 2. The van der Waals surface area contributed by atoms with Crippen LogP contribution in [0.15, 0.2) is 72.2 Å². The van der Waals surface area contributed by atoms with Gasteiger partial charge < -0.3 is 25.2 Å². The maximum Gasteiger partial charge on any atom is 0.274 e. The molecule has 0 radical (unpaired) electrons. The Labute approximate surface area is 241 Å². The number of rotatable bonds is 7. The van der Waals surface area contributed by atoms with E-state index in [1.807, 2.05) is 18.0 Å². The summed E-state index contributed by atoms with van der Waals surface area (Å²) in [6, 6.07) is 15.0. The SMILES string of the molecule is C=CC(=O)Nc1cccc(-n2c(=O)c(C#N)cc3cnc(Nc4ccc(C(=O)N5CCN(C)CC5)cc4OC)nc32)c1. The summed E-state index contributed by atoms with van der Waals surface area (Å²) < 4.78 is 6.86. The normalized spacial score (nSPS) is 13.3. The first kappa shape index (κ1) is 28.0. The van der Waals surface area contributed by atoms with Crippen molar-refractivity contribution in [1.82, 2.24) is 24.3 Å². The zero-order valence-corrected chi connectivity index (χ0v) is 23.1. The van der Waals surface area contributed by atoms with Crippen LogP contribution in [0.3, 0.4) is 0 Å². The Balaban J connectivity index is 1.51. The number of hydrogen-bond acceptors (Lipinski definition) is 9. The summed E-state index contributed by atoms with van der Waals surface area (Å²) in [6.45, 7) is 6.39. The molecular weight excluding hydrogens is 536 g/mol. The molecular formula is C30H28N8O4. The summed E-state index contributed by atoms with van der Waals surface area (Å²) in [5, 5.41) is 15.8. The van der Waals surface area contributed by atoms with Crippen molar-refractivity contribution in [3.63, 3.8) is 0 Å². The molecule has 0 saturated carbocycles. The van der Waals surface area contributed by atoms with E-state index in [-0.39, 0.29) is 23.1 Å². The fourth-order valence-electron chi connectivity index (χ4n) is 4.63. The Morgan fingerprint density at radius 1 is 1.12 bits per heavy atom. The van der Waals surface area contributed by atoms with Crippen LogP contribution in [0.2, 0.25) is 0 Å². The molecule has 0 atom stereocenters. The topological polar surface area (TPSA) is 145 Å². The summed E-state index contributed by atoms with van der Waals surface area (Å²) in [4.78, 5) is 51.2. The smallest absolute Gasteiger partial charge is 0.274 e. The van der Waals surface area contributed by atoms with Crippen molar-refractivity contribution in [3.8, 4) is 17.5 Å². The standard InChI is InChI=1S/C30H28N8O4/c1-4-26(39)33-22-6-5-7-23(16-22)38-27-21(14-20(17-31)29(38)41)18-32-30(35-27)34-24-9-8-19(15-25(24)42-3)28(40)37-12-10-36(2)11-13-37/h4-9,14-16,18H,1,10-13H2,2-3H3,(H,33,39)(H,32,34,35). The Bertz CT molecular complexity index is 1800. The second-order valence-corrected chi connectivity index (χ2v) is 9.66. The van der Waals surface area contributed by atoms with E-state index < -0.39 is 11.5 Å². The molecule has 1 aliphatic heterocycles. The van der Waals surface area contributed by atoms with Crippen molar-refractivity contribution in [2.24, 2.45) is 0 Å². The highest BCUT2D eigenvalue weighted by Crippen LogP contribution is 2.29. The first-order valence-electron chi connectivity index (χ1n) is 13.1. The highest BCUT2D eigenvalue weighted by Gasteiger charge is 2.22. The molecule has 2 aromatic carbocycles. The first-order chi connectivity index (χ1) is 20.3. The number of carbonyl (C=O) groups is 2. The van der Waals surface area contributed by atoms with E-state index in [0.717, 1.165) is 19.2 Å². The molecule has 212 valence electrons. The Kier molecular flexibility index (Phi) is 7.94. The fraction of sp³-hybridized carbons (Fsp3) is 0.200. The van der Waals surface area contributed by atoms with Gasteiger partial charge in [-0.2, -0.15) is 10.2 Å². The van der Waals surface area contributed by atoms with Crippen molar-refractivity contribution in [2.75, 3.05) is 51.0 Å². The number of ether oxygens (including phenoxy) is 1. The van der Waals surface area contributed by atoms with Gasteiger partial charge in [-0.05, 0) is 55.6 Å². The van der Waals surface area contributed by atoms with E-state index in [9.17, 15) is 19.6 Å². The van der Waals surface area contributed by atoms with Crippen LogP contribution in [-0.4, -0.2) is 76.5 Å². The minimum atomic E-state index is -0.578. The lowest BCUT2D eigenvalue weighted by Crippen LogP contribution is -2.47. The molecule has 4 aromatic rings. The predicted octanol–water partition coefficient (Wildman–Crippen LogP) is 2.92. The molecule has 0 spiro atoms. The number of piperazine rings is 1. The monoisotopic (exact) mass is 564 g/mol. The molecule has 0 aliphatic carbocycles. The van der Waals surface area contributed by atoms with Crippen LogP contribution in [-0.2, 0) is 4.79 Å². The fourth-order valence-corrected chi connectivity index (χ4v) is 4.63. The lowest BCUT2D eigenvalue weighted by atomic mass is 10.1. The lowest BCUT2D eigenvalue weighted by molar-refractivity contribution is -0.111. The molecule has 12 nitrogen and oxygen atoms in total. The number of methoxy groups -OCH3 is 1. The second kappa shape index (κ2) is 11.9. The van der Waals surface area contributed by atoms with Gasteiger partial charge in [-0.15, -0.1) is 0 Å². The van der Waals surface area contributed by atoms with E-state index in [0.29, 0.717) is 46.9 Å². The molecule has 2 N–H and O–H groups in total. The number of anilines is 3. The predicted molar refractivity (Wildman–Crippen MR) is 158 cm³/mol. The van der Waals surface area contributed by atoms with E-state index in [2.05, 4.69) is 32.1 Å². The van der Waals surface area contributed by atoms with Crippen LogP contribution in [0.25, 0.3) is 16.7 Å². The zero-order chi connectivity index (χ0) is 29.8. The number of carbonyl (C=O) groups excluding carboxylic acids is 2. The highest BCUT2D eigenvalue weighted by molar-refractivity contribution is 5.99. The molecule has 0 bridgehead atoms. The molecule has 1 fully saturated rings. The summed E-state index contributed by atoms with van der Waals surface area (Å²) in [7, 11) is 3.54. The maximum atomic E-state index is 13.3. The van der Waals surface area contributed by atoms with Gasteiger partial charge in [0.15, 0.2) is 5.65 Å². The zero-order valence-electron chi connectivity index (χ0n) is 23.1. The molecule has 2 aromatic heterocycles. The van der Waals surface area contributed by atoms with Gasteiger partial charge in [0.05, 0.1) is 18.5 Å². The Morgan fingerprint density at radius 3 is 2.62 bits per heavy atom. The van der Waals surface area contributed by atoms with Crippen LogP contribution < -0.4 is 20.9 Å². The third kappa shape index (κ3) is 5.67. The third-order valence-electron chi connectivity index (χ3n) is 6.90. The van der Waals surface area contributed by atoms with Gasteiger partial charge in [-0.1, -0.05) is 12.6 Å². The minimum absolute atomic E-state index is 0.0706. The van der Waals surface area contributed by atoms with Crippen LogP contribution in [0.4, 0.5) is 17.3 Å². The van der Waals surface area contributed by atoms with Crippen molar-refractivity contribution < 1.29 is 14.3 Å². The van der Waals surface area contributed by atoms with Crippen LogP contribution in [0, 0.1) is 11.3 Å². The number of benzene rings is 2. The van der Waals surface area contributed by atoms with Crippen LogP contribution in [0.1, 0.15) is 15.9 Å². The lowest BCUT2D eigenvalue weighted by Gasteiger charge is -2.32. The van der Waals surface area contributed by atoms with Crippen LogP contribution >= 0.6 is 0 Å². The number of hydrogen-bond donors (Lipinski definition) is 2. The minimum Gasteiger partial charge on any atom is -0.495 e. The van der Waals surface area contributed by atoms with Crippen LogP contribution in [0.5, 0.6) is 5.75 Å². The molecule has 3 heterocycles. The first-order valence-corrected chi connectivity index (χ1v) is 13.1. The van der Waals surface area contributed by atoms with E-state index in [1.54, 1.807) is 42.5 Å². The van der Waals surface area contributed by atoms with Gasteiger partial charge in [0.1, 0.15) is 17.4 Å². The summed E-state index contributed by atoms with van der Waals surface area (Å²) in [5.41, 5.74) is 1.41. The number of aromatic nitrogens is 3.